The minimum atomic E-state index is -3.93. The lowest BCUT2D eigenvalue weighted by molar-refractivity contribution is -0.114. The molecule has 0 aliphatic carbocycles. The van der Waals surface area contributed by atoms with Crippen molar-refractivity contribution < 1.29 is 17.9 Å². The normalized spacial score (nSPS) is 11.0. The second-order valence-corrected chi connectivity index (χ2v) is 9.42. The van der Waals surface area contributed by atoms with Gasteiger partial charge in [0.2, 0.25) is 11.7 Å². The summed E-state index contributed by atoms with van der Waals surface area (Å²) in [6, 6.07) is 17.1. The predicted molar refractivity (Wildman–Crippen MR) is 132 cm³/mol. The van der Waals surface area contributed by atoms with Crippen LogP contribution in [0.4, 0.5) is 11.5 Å². The molecule has 35 heavy (non-hydrogen) atoms. The summed E-state index contributed by atoms with van der Waals surface area (Å²) < 4.78 is 34.3. The van der Waals surface area contributed by atoms with E-state index in [9.17, 15) is 13.2 Å². The number of ether oxygens (including phenoxy) is 1. The summed E-state index contributed by atoms with van der Waals surface area (Å²) in [5.74, 6) is -0.238. The number of rotatable bonds is 8. The number of amides is 1. The van der Waals surface area contributed by atoms with Gasteiger partial charge in [0.25, 0.3) is 15.9 Å². The van der Waals surface area contributed by atoms with Crippen molar-refractivity contribution in [2.24, 2.45) is 0 Å². The number of sulfonamides is 1. The molecular weight excluding hydrogens is 466 g/mol. The molecule has 0 bridgehead atoms. The van der Waals surface area contributed by atoms with Gasteiger partial charge in [-0.3, -0.25) is 14.5 Å². The zero-order valence-electron chi connectivity index (χ0n) is 19.1. The van der Waals surface area contributed by atoms with Gasteiger partial charge in [-0.05, 0) is 37.3 Å². The minimum absolute atomic E-state index is 0.00645. The van der Waals surface area contributed by atoms with Crippen LogP contribution in [-0.4, -0.2) is 29.3 Å². The van der Waals surface area contributed by atoms with Crippen LogP contribution in [-0.2, 0) is 21.4 Å². The Kier molecular flexibility index (Phi) is 7.02. The third kappa shape index (κ3) is 6.18. The molecular formula is C25H23N5O4S. The van der Waals surface area contributed by atoms with Crippen LogP contribution in [0.5, 0.6) is 5.88 Å². The SMILES string of the molecule is CC(=O)Nc1cccc(-c2cnc(NS(=O)(=O)c3ccc(C)cc3)c(OCc3cccnc3)n2)c1. The zero-order chi connectivity index (χ0) is 24.8. The van der Waals surface area contributed by atoms with Crippen LogP contribution in [0.3, 0.4) is 0 Å². The van der Waals surface area contributed by atoms with E-state index in [4.69, 9.17) is 4.74 Å². The molecule has 178 valence electrons. The van der Waals surface area contributed by atoms with Crippen LogP contribution >= 0.6 is 0 Å². The molecule has 0 unspecified atom stereocenters. The molecule has 2 N–H and O–H groups in total. The molecule has 0 aliphatic rings. The second kappa shape index (κ2) is 10.3. The van der Waals surface area contributed by atoms with Crippen molar-refractivity contribution in [3.05, 3.63) is 90.4 Å². The van der Waals surface area contributed by atoms with Crippen molar-refractivity contribution >= 4 is 27.4 Å². The van der Waals surface area contributed by atoms with E-state index in [0.717, 1.165) is 11.1 Å². The number of anilines is 2. The molecule has 2 aromatic carbocycles. The van der Waals surface area contributed by atoms with Gasteiger partial charge in [0, 0.05) is 36.1 Å². The molecule has 4 rings (SSSR count). The molecule has 2 aromatic heterocycles. The molecule has 0 saturated heterocycles. The van der Waals surface area contributed by atoms with Crippen molar-refractivity contribution in [1.29, 1.82) is 0 Å². The summed E-state index contributed by atoms with van der Waals surface area (Å²) >= 11 is 0. The molecule has 0 atom stereocenters. The van der Waals surface area contributed by atoms with Gasteiger partial charge in [0.15, 0.2) is 0 Å². The molecule has 1 amide bonds. The van der Waals surface area contributed by atoms with Gasteiger partial charge < -0.3 is 10.1 Å². The summed E-state index contributed by atoms with van der Waals surface area (Å²) in [5.41, 5.74) is 3.42. The number of aryl methyl sites for hydroxylation is 1. The Morgan fingerprint density at radius 3 is 2.54 bits per heavy atom. The predicted octanol–water partition coefficient (Wildman–Crippen LogP) is 4.19. The van der Waals surface area contributed by atoms with Crippen LogP contribution in [0.25, 0.3) is 11.3 Å². The van der Waals surface area contributed by atoms with E-state index in [0.29, 0.717) is 16.9 Å². The fourth-order valence-electron chi connectivity index (χ4n) is 3.18. The van der Waals surface area contributed by atoms with Crippen LogP contribution < -0.4 is 14.8 Å². The first-order chi connectivity index (χ1) is 16.8. The van der Waals surface area contributed by atoms with Crippen molar-refractivity contribution in [1.82, 2.24) is 15.0 Å². The highest BCUT2D eigenvalue weighted by atomic mass is 32.2. The Morgan fingerprint density at radius 1 is 1.03 bits per heavy atom. The van der Waals surface area contributed by atoms with Crippen molar-refractivity contribution in [3.63, 3.8) is 0 Å². The number of benzene rings is 2. The van der Waals surface area contributed by atoms with E-state index in [1.807, 2.05) is 13.0 Å². The van der Waals surface area contributed by atoms with Crippen LogP contribution in [0.2, 0.25) is 0 Å². The Bertz CT molecular complexity index is 1440. The Balaban J connectivity index is 1.68. The fraction of sp³-hybridized carbons (Fsp3) is 0.120. The lowest BCUT2D eigenvalue weighted by Crippen LogP contribution is -2.16. The number of carbonyl (C=O) groups is 1. The van der Waals surface area contributed by atoms with Gasteiger partial charge in [-0.15, -0.1) is 0 Å². The van der Waals surface area contributed by atoms with E-state index < -0.39 is 10.0 Å². The molecule has 0 fully saturated rings. The summed E-state index contributed by atoms with van der Waals surface area (Å²) in [4.78, 5) is 24.4. The number of hydrogen-bond donors (Lipinski definition) is 2. The molecule has 0 aliphatic heterocycles. The Morgan fingerprint density at radius 2 is 1.83 bits per heavy atom. The van der Waals surface area contributed by atoms with Crippen molar-refractivity contribution in [2.45, 2.75) is 25.3 Å². The summed E-state index contributed by atoms with van der Waals surface area (Å²) in [6.07, 6.45) is 4.73. The summed E-state index contributed by atoms with van der Waals surface area (Å²) in [5, 5.41) is 2.72. The van der Waals surface area contributed by atoms with Crippen LogP contribution in [0.15, 0.2) is 84.1 Å². The molecule has 2 heterocycles. The highest BCUT2D eigenvalue weighted by Gasteiger charge is 2.20. The molecule has 0 saturated carbocycles. The minimum Gasteiger partial charge on any atom is -0.470 e. The van der Waals surface area contributed by atoms with E-state index in [2.05, 4.69) is 25.0 Å². The second-order valence-electron chi connectivity index (χ2n) is 7.74. The monoisotopic (exact) mass is 489 g/mol. The first kappa shape index (κ1) is 23.8. The van der Waals surface area contributed by atoms with E-state index in [-0.39, 0.29) is 29.1 Å². The number of nitrogens with one attached hydrogen (secondary N) is 2. The third-order valence-corrected chi connectivity index (χ3v) is 6.23. The maximum atomic E-state index is 13.0. The number of hydrogen-bond acceptors (Lipinski definition) is 7. The van der Waals surface area contributed by atoms with Crippen LogP contribution in [0.1, 0.15) is 18.1 Å². The Hall–Kier alpha value is -4.31. The quantitative estimate of drug-likeness (QED) is 0.380. The fourth-order valence-corrected chi connectivity index (χ4v) is 4.19. The highest BCUT2D eigenvalue weighted by molar-refractivity contribution is 7.92. The maximum absolute atomic E-state index is 13.0. The largest absolute Gasteiger partial charge is 0.470 e. The number of nitrogens with zero attached hydrogens (tertiary/aromatic N) is 3. The number of carbonyl (C=O) groups excluding carboxylic acids is 1. The molecule has 0 spiro atoms. The third-order valence-electron chi connectivity index (χ3n) is 4.88. The zero-order valence-corrected chi connectivity index (χ0v) is 19.9. The molecule has 9 nitrogen and oxygen atoms in total. The van der Waals surface area contributed by atoms with Crippen molar-refractivity contribution in [2.75, 3.05) is 10.0 Å². The van der Waals surface area contributed by atoms with Gasteiger partial charge in [-0.2, -0.15) is 0 Å². The average Bonchev–Trinajstić information content (AvgIpc) is 2.84. The summed E-state index contributed by atoms with van der Waals surface area (Å²) in [7, 11) is -3.93. The number of aromatic nitrogens is 3. The topological polar surface area (TPSA) is 123 Å². The smallest absolute Gasteiger partial charge is 0.263 e. The van der Waals surface area contributed by atoms with E-state index in [1.165, 1.54) is 25.3 Å². The van der Waals surface area contributed by atoms with E-state index >= 15 is 0 Å². The van der Waals surface area contributed by atoms with Gasteiger partial charge in [-0.1, -0.05) is 35.9 Å². The van der Waals surface area contributed by atoms with Gasteiger partial charge in [-0.25, -0.2) is 18.4 Å². The Labute approximate surface area is 203 Å². The molecule has 10 heteroatoms. The van der Waals surface area contributed by atoms with Gasteiger partial charge in [0.1, 0.15) is 6.61 Å². The first-order valence-corrected chi connectivity index (χ1v) is 12.1. The highest BCUT2D eigenvalue weighted by Crippen LogP contribution is 2.28. The summed E-state index contributed by atoms with van der Waals surface area (Å²) in [6.45, 7) is 3.41. The van der Waals surface area contributed by atoms with Gasteiger partial charge >= 0.3 is 0 Å². The standard InChI is InChI=1S/C25H23N5O4S/c1-17-8-10-22(11-9-17)35(32,33)30-24-25(34-16-19-5-4-12-26-14-19)29-23(15-27-24)20-6-3-7-21(13-20)28-18(2)31/h3-15H,16H2,1-2H3,(H,27,30)(H,28,31). The average molecular weight is 490 g/mol. The van der Waals surface area contributed by atoms with Gasteiger partial charge in [0.05, 0.1) is 16.8 Å². The van der Waals surface area contributed by atoms with Crippen molar-refractivity contribution in [3.8, 4) is 17.1 Å². The molecule has 0 radical (unpaired) electrons. The lowest BCUT2D eigenvalue weighted by Gasteiger charge is -2.14. The maximum Gasteiger partial charge on any atom is 0.263 e. The van der Waals surface area contributed by atoms with Crippen LogP contribution in [0, 0.1) is 6.92 Å². The van der Waals surface area contributed by atoms with E-state index in [1.54, 1.807) is 54.9 Å². The molecule has 4 aromatic rings. The number of pyridine rings is 1. The lowest BCUT2D eigenvalue weighted by atomic mass is 10.1. The first-order valence-electron chi connectivity index (χ1n) is 10.7.